The zero-order valence-corrected chi connectivity index (χ0v) is 9.09. The summed E-state index contributed by atoms with van der Waals surface area (Å²) in [4.78, 5) is 9.90. The van der Waals surface area contributed by atoms with E-state index in [1.54, 1.807) is 6.92 Å². The van der Waals surface area contributed by atoms with E-state index in [1.807, 2.05) is 4.90 Å². The highest BCUT2D eigenvalue weighted by molar-refractivity contribution is 6.29. The Labute approximate surface area is 92.0 Å². The van der Waals surface area contributed by atoms with Gasteiger partial charge in [-0.25, -0.2) is 9.37 Å². The van der Waals surface area contributed by atoms with Gasteiger partial charge in [0, 0.05) is 13.1 Å². The van der Waals surface area contributed by atoms with Gasteiger partial charge in [-0.05, 0) is 6.92 Å². The second-order valence-electron chi connectivity index (χ2n) is 3.31. The van der Waals surface area contributed by atoms with Gasteiger partial charge >= 0.3 is 0 Å². The summed E-state index contributed by atoms with van der Waals surface area (Å²) in [6, 6.07) is 0. The van der Waals surface area contributed by atoms with Crippen LogP contribution in [0.1, 0.15) is 5.69 Å². The van der Waals surface area contributed by atoms with Gasteiger partial charge in [-0.2, -0.15) is 4.98 Å². The van der Waals surface area contributed by atoms with E-state index < -0.39 is 5.82 Å². The second-order valence-corrected chi connectivity index (χ2v) is 3.67. The van der Waals surface area contributed by atoms with Crippen LogP contribution in [0.5, 0.6) is 0 Å². The molecule has 15 heavy (non-hydrogen) atoms. The molecule has 0 radical (unpaired) electrons. The summed E-state index contributed by atoms with van der Waals surface area (Å²) in [6.07, 6.45) is 0. The second kappa shape index (κ2) is 4.28. The van der Waals surface area contributed by atoms with Crippen molar-refractivity contribution >= 4 is 17.5 Å². The molecule has 0 amide bonds. The van der Waals surface area contributed by atoms with Crippen molar-refractivity contribution in [2.75, 3.05) is 31.2 Å². The number of ether oxygens (including phenoxy) is 1. The van der Waals surface area contributed by atoms with Crippen LogP contribution in [0, 0.1) is 12.7 Å². The molecule has 0 unspecified atom stereocenters. The number of aromatic nitrogens is 2. The number of halogens is 2. The van der Waals surface area contributed by atoms with Crippen LogP contribution in [0.25, 0.3) is 0 Å². The summed E-state index contributed by atoms with van der Waals surface area (Å²) < 4.78 is 18.4. The molecule has 0 bridgehead atoms. The molecule has 1 fully saturated rings. The summed E-state index contributed by atoms with van der Waals surface area (Å²) in [6.45, 7) is 4.27. The Morgan fingerprint density at radius 2 is 2.00 bits per heavy atom. The van der Waals surface area contributed by atoms with E-state index in [0.29, 0.717) is 32.3 Å². The van der Waals surface area contributed by atoms with Gasteiger partial charge in [-0.3, -0.25) is 0 Å². The van der Waals surface area contributed by atoms with Crippen LogP contribution in [-0.4, -0.2) is 36.3 Å². The molecule has 6 heteroatoms. The molecule has 0 aliphatic carbocycles. The van der Waals surface area contributed by atoms with Gasteiger partial charge < -0.3 is 9.64 Å². The molecule has 1 aliphatic rings. The van der Waals surface area contributed by atoms with Crippen molar-refractivity contribution in [3.05, 3.63) is 16.7 Å². The predicted octanol–water partition coefficient (Wildman–Crippen LogP) is 1.41. The van der Waals surface area contributed by atoms with Crippen LogP contribution in [-0.2, 0) is 4.74 Å². The van der Waals surface area contributed by atoms with Crippen molar-refractivity contribution in [3.63, 3.8) is 0 Å². The highest BCUT2D eigenvalue weighted by Gasteiger charge is 2.17. The first kappa shape index (κ1) is 10.6. The number of hydrogen-bond acceptors (Lipinski definition) is 4. The Morgan fingerprint density at radius 1 is 1.33 bits per heavy atom. The van der Waals surface area contributed by atoms with Crippen molar-refractivity contribution in [1.82, 2.24) is 9.97 Å². The minimum Gasteiger partial charge on any atom is -0.378 e. The lowest BCUT2D eigenvalue weighted by molar-refractivity contribution is 0.122. The first-order valence-electron chi connectivity index (χ1n) is 4.71. The summed E-state index contributed by atoms with van der Waals surface area (Å²) in [5.41, 5.74) is 0.275. The van der Waals surface area contributed by atoms with E-state index in [9.17, 15) is 4.39 Å². The molecule has 0 aromatic carbocycles. The minimum absolute atomic E-state index is 0.121. The topological polar surface area (TPSA) is 38.2 Å². The zero-order chi connectivity index (χ0) is 10.8. The van der Waals surface area contributed by atoms with Gasteiger partial charge in [0.05, 0.1) is 18.9 Å². The molecule has 2 rings (SSSR count). The molecule has 1 aliphatic heterocycles. The van der Waals surface area contributed by atoms with Gasteiger partial charge in [-0.15, -0.1) is 0 Å². The maximum absolute atomic E-state index is 13.2. The average Bonchev–Trinajstić information content (AvgIpc) is 2.26. The third kappa shape index (κ3) is 2.18. The van der Waals surface area contributed by atoms with Crippen LogP contribution < -0.4 is 4.90 Å². The van der Waals surface area contributed by atoms with Crippen molar-refractivity contribution < 1.29 is 9.13 Å². The number of aryl methyl sites for hydroxylation is 1. The van der Waals surface area contributed by atoms with E-state index in [0.717, 1.165) is 0 Å². The molecule has 1 aromatic rings. The van der Waals surface area contributed by atoms with E-state index in [2.05, 4.69) is 9.97 Å². The molecule has 0 spiro atoms. The number of morpholine rings is 1. The molecule has 0 atom stereocenters. The fraction of sp³-hybridized carbons (Fsp3) is 0.556. The van der Waals surface area contributed by atoms with Gasteiger partial charge in [0.1, 0.15) is 0 Å². The van der Waals surface area contributed by atoms with E-state index in [4.69, 9.17) is 16.3 Å². The molecule has 1 saturated heterocycles. The molecular formula is C9H11ClFN3O. The summed E-state index contributed by atoms with van der Waals surface area (Å²) in [7, 11) is 0. The maximum Gasteiger partial charge on any atom is 0.227 e. The molecular weight excluding hydrogens is 221 g/mol. The number of anilines is 1. The van der Waals surface area contributed by atoms with Gasteiger partial charge in [-0.1, -0.05) is 11.6 Å². The van der Waals surface area contributed by atoms with Crippen LogP contribution in [0.3, 0.4) is 0 Å². The molecule has 82 valence electrons. The van der Waals surface area contributed by atoms with E-state index in [1.165, 1.54) is 0 Å². The fourth-order valence-electron chi connectivity index (χ4n) is 1.42. The fourth-order valence-corrected chi connectivity index (χ4v) is 1.63. The predicted molar refractivity (Wildman–Crippen MR) is 54.8 cm³/mol. The first-order valence-corrected chi connectivity index (χ1v) is 5.08. The number of nitrogens with zero attached hydrogens (tertiary/aromatic N) is 3. The summed E-state index contributed by atoms with van der Waals surface area (Å²) in [5.74, 6) is -0.0733. The smallest absolute Gasteiger partial charge is 0.227 e. The minimum atomic E-state index is -0.548. The Morgan fingerprint density at radius 3 is 2.60 bits per heavy atom. The molecule has 0 N–H and O–H groups in total. The van der Waals surface area contributed by atoms with Gasteiger partial charge in [0.2, 0.25) is 5.95 Å². The quantitative estimate of drug-likeness (QED) is 0.685. The molecule has 1 aromatic heterocycles. The third-order valence-corrected chi connectivity index (χ3v) is 2.51. The van der Waals surface area contributed by atoms with Crippen LogP contribution in [0.4, 0.5) is 10.3 Å². The molecule has 2 heterocycles. The monoisotopic (exact) mass is 231 g/mol. The Balaban J connectivity index is 2.27. The van der Waals surface area contributed by atoms with E-state index in [-0.39, 0.29) is 10.8 Å². The maximum atomic E-state index is 13.2. The summed E-state index contributed by atoms with van der Waals surface area (Å²) in [5, 5.41) is -0.121. The van der Waals surface area contributed by atoms with Crippen LogP contribution >= 0.6 is 11.6 Å². The first-order chi connectivity index (χ1) is 7.18. The number of rotatable bonds is 1. The highest BCUT2D eigenvalue weighted by atomic mass is 35.5. The summed E-state index contributed by atoms with van der Waals surface area (Å²) >= 11 is 5.65. The average molecular weight is 232 g/mol. The van der Waals surface area contributed by atoms with Crippen molar-refractivity contribution in [2.24, 2.45) is 0 Å². The van der Waals surface area contributed by atoms with Crippen molar-refractivity contribution in [2.45, 2.75) is 6.92 Å². The third-order valence-electron chi connectivity index (χ3n) is 2.26. The van der Waals surface area contributed by atoms with E-state index >= 15 is 0 Å². The molecule has 0 saturated carbocycles. The van der Waals surface area contributed by atoms with Crippen molar-refractivity contribution in [1.29, 1.82) is 0 Å². The lowest BCUT2D eigenvalue weighted by Crippen LogP contribution is -2.37. The Kier molecular flexibility index (Phi) is 3.02. The largest absolute Gasteiger partial charge is 0.378 e. The Hall–Kier alpha value is -0.940. The van der Waals surface area contributed by atoms with Crippen LogP contribution in [0.2, 0.25) is 5.15 Å². The number of hydrogen-bond donors (Lipinski definition) is 0. The standard InChI is InChI=1S/C9H11ClFN3O/c1-6-7(11)8(10)13-9(12-6)14-2-4-15-5-3-14/h2-5H2,1H3. The lowest BCUT2D eigenvalue weighted by Gasteiger charge is -2.26. The molecule has 4 nitrogen and oxygen atoms in total. The zero-order valence-electron chi connectivity index (χ0n) is 8.33. The van der Waals surface area contributed by atoms with Gasteiger partial charge in [0.15, 0.2) is 11.0 Å². The normalized spacial score (nSPS) is 16.9. The highest BCUT2D eigenvalue weighted by Crippen LogP contribution is 2.18. The Bertz CT molecular complexity index is 345. The van der Waals surface area contributed by atoms with Crippen molar-refractivity contribution in [3.8, 4) is 0 Å². The van der Waals surface area contributed by atoms with Crippen LogP contribution in [0.15, 0.2) is 0 Å². The lowest BCUT2D eigenvalue weighted by atomic mass is 10.4. The van der Waals surface area contributed by atoms with Gasteiger partial charge in [0.25, 0.3) is 0 Å². The SMILES string of the molecule is Cc1nc(N2CCOCC2)nc(Cl)c1F.